The van der Waals surface area contributed by atoms with Gasteiger partial charge in [0, 0.05) is 23.5 Å². The highest BCUT2D eigenvalue weighted by molar-refractivity contribution is 7.90. The van der Waals surface area contributed by atoms with Crippen molar-refractivity contribution in [3.05, 3.63) is 41.6 Å². The zero-order chi connectivity index (χ0) is 14.8. The smallest absolute Gasteiger partial charge is 0.269 e. The summed E-state index contributed by atoms with van der Waals surface area (Å²) in [7, 11) is -3.67. The average Bonchev–Trinajstić information content (AvgIpc) is 3.05. The van der Waals surface area contributed by atoms with E-state index in [-0.39, 0.29) is 16.8 Å². The highest BCUT2D eigenvalue weighted by Crippen LogP contribution is 2.42. The molecule has 6 heteroatoms. The summed E-state index contributed by atoms with van der Waals surface area (Å²) in [5.74, 6) is -0.376. The van der Waals surface area contributed by atoms with Gasteiger partial charge in [-0.25, -0.2) is 12.7 Å². The number of aromatic amines is 1. The Morgan fingerprint density at radius 1 is 1.24 bits per heavy atom. The van der Waals surface area contributed by atoms with Crippen LogP contribution in [0.25, 0.3) is 11.3 Å². The summed E-state index contributed by atoms with van der Waals surface area (Å²) in [5.41, 5.74) is 2.78. The highest BCUT2D eigenvalue weighted by atomic mass is 32.2. The molecule has 0 saturated heterocycles. The number of nitrogens with zero attached hydrogens (tertiary/aromatic N) is 1. The number of sulfonamides is 1. The standard InChI is InChI=1S/C15H14N2O3S/c1-9-11(12-3-2-8-16-12)6-7-13-14(9)15(18)17(10-4-5-10)21(13,19)20/h2-3,6-8,10,16H,4-5H2,1H3. The summed E-state index contributed by atoms with van der Waals surface area (Å²) < 4.78 is 26.1. The van der Waals surface area contributed by atoms with Crippen molar-refractivity contribution in [2.75, 3.05) is 0 Å². The number of amides is 1. The van der Waals surface area contributed by atoms with E-state index >= 15 is 0 Å². The van der Waals surface area contributed by atoms with Crippen molar-refractivity contribution in [1.82, 2.24) is 9.29 Å². The molecule has 1 aliphatic carbocycles. The van der Waals surface area contributed by atoms with Crippen LogP contribution in [0.4, 0.5) is 0 Å². The molecule has 21 heavy (non-hydrogen) atoms. The van der Waals surface area contributed by atoms with E-state index in [0.29, 0.717) is 11.1 Å². The summed E-state index contributed by atoms with van der Waals surface area (Å²) in [6.07, 6.45) is 3.33. The molecule has 108 valence electrons. The molecule has 0 bridgehead atoms. The third kappa shape index (κ3) is 1.62. The lowest BCUT2D eigenvalue weighted by Gasteiger charge is -2.13. The van der Waals surface area contributed by atoms with Crippen molar-refractivity contribution in [2.24, 2.45) is 0 Å². The fourth-order valence-electron chi connectivity index (χ4n) is 2.95. The van der Waals surface area contributed by atoms with Gasteiger partial charge in [-0.1, -0.05) is 6.07 Å². The third-order valence-electron chi connectivity index (χ3n) is 4.14. The molecule has 4 rings (SSSR count). The van der Waals surface area contributed by atoms with Crippen LogP contribution >= 0.6 is 0 Å². The predicted molar refractivity (Wildman–Crippen MR) is 77.3 cm³/mol. The number of rotatable bonds is 2. The van der Waals surface area contributed by atoms with E-state index in [0.717, 1.165) is 28.4 Å². The van der Waals surface area contributed by atoms with Gasteiger partial charge in [0.1, 0.15) is 4.90 Å². The molecule has 0 atom stereocenters. The van der Waals surface area contributed by atoms with Gasteiger partial charge in [-0.05, 0) is 43.5 Å². The summed E-state index contributed by atoms with van der Waals surface area (Å²) >= 11 is 0. The minimum absolute atomic E-state index is 0.146. The first-order chi connectivity index (χ1) is 10.0. The second kappa shape index (κ2) is 3.98. The third-order valence-corrected chi connectivity index (χ3v) is 6.02. The molecule has 2 aromatic rings. The molecule has 0 unspecified atom stereocenters. The summed E-state index contributed by atoms with van der Waals surface area (Å²) in [4.78, 5) is 15.8. The maximum atomic E-state index is 12.6. The van der Waals surface area contributed by atoms with Gasteiger partial charge in [-0.3, -0.25) is 4.79 Å². The van der Waals surface area contributed by atoms with E-state index in [1.54, 1.807) is 25.3 Å². The lowest BCUT2D eigenvalue weighted by molar-refractivity contribution is 0.0864. The molecule has 1 fully saturated rings. The zero-order valence-corrected chi connectivity index (χ0v) is 12.3. The minimum atomic E-state index is -3.67. The van der Waals surface area contributed by atoms with Gasteiger partial charge in [0.05, 0.1) is 5.56 Å². The van der Waals surface area contributed by atoms with Gasteiger partial charge in [0.25, 0.3) is 15.9 Å². The maximum Gasteiger partial charge on any atom is 0.269 e. The predicted octanol–water partition coefficient (Wildman–Crippen LogP) is 2.30. The monoisotopic (exact) mass is 302 g/mol. The van der Waals surface area contributed by atoms with Crippen molar-refractivity contribution in [3.8, 4) is 11.3 Å². The van der Waals surface area contributed by atoms with Crippen LogP contribution in [0.3, 0.4) is 0 Å². The Bertz CT molecular complexity index is 849. The molecule has 1 saturated carbocycles. The van der Waals surface area contributed by atoms with E-state index in [2.05, 4.69) is 4.98 Å². The first-order valence-electron chi connectivity index (χ1n) is 6.88. The Kier molecular flexibility index (Phi) is 2.39. The van der Waals surface area contributed by atoms with Gasteiger partial charge in [0.2, 0.25) is 0 Å². The second-order valence-corrected chi connectivity index (χ2v) is 7.32. The molecular formula is C15H14N2O3S. The number of benzene rings is 1. The molecule has 1 N–H and O–H groups in total. The van der Waals surface area contributed by atoms with Crippen LogP contribution in [0, 0.1) is 6.92 Å². The number of aromatic nitrogens is 1. The Hall–Kier alpha value is -2.08. The van der Waals surface area contributed by atoms with Crippen molar-refractivity contribution in [3.63, 3.8) is 0 Å². The van der Waals surface area contributed by atoms with Gasteiger partial charge in [0.15, 0.2) is 0 Å². The number of carbonyl (C=O) groups is 1. The average molecular weight is 302 g/mol. The normalized spacial score (nSPS) is 19.9. The molecule has 1 aromatic heterocycles. The van der Waals surface area contributed by atoms with E-state index in [1.165, 1.54) is 0 Å². The fraction of sp³-hybridized carbons (Fsp3) is 0.267. The Labute approximate surface area is 122 Å². The number of hydrogen-bond acceptors (Lipinski definition) is 3. The van der Waals surface area contributed by atoms with Crippen molar-refractivity contribution >= 4 is 15.9 Å². The summed E-state index contributed by atoms with van der Waals surface area (Å²) in [6.45, 7) is 1.80. The van der Waals surface area contributed by atoms with E-state index in [1.807, 2.05) is 12.1 Å². The molecule has 1 aromatic carbocycles. The largest absolute Gasteiger partial charge is 0.361 e. The van der Waals surface area contributed by atoms with Gasteiger partial charge < -0.3 is 4.98 Å². The lowest BCUT2D eigenvalue weighted by Crippen LogP contribution is -2.32. The van der Waals surface area contributed by atoms with Gasteiger partial charge in [-0.2, -0.15) is 0 Å². The lowest BCUT2D eigenvalue weighted by atomic mass is 9.99. The van der Waals surface area contributed by atoms with Crippen LogP contribution in [0.15, 0.2) is 35.4 Å². The number of carbonyl (C=O) groups excluding carboxylic acids is 1. The van der Waals surface area contributed by atoms with Gasteiger partial charge >= 0.3 is 0 Å². The highest BCUT2D eigenvalue weighted by Gasteiger charge is 2.49. The zero-order valence-electron chi connectivity index (χ0n) is 11.5. The molecule has 5 nitrogen and oxygen atoms in total. The van der Waals surface area contributed by atoms with Crippen LogP contribution in [0.5, 0.6) is 0 Å². The van der Waals surface area contributed by atoms with E-state index < -0.39 is 10.0 Å². The van der Waals surface area contributed by atoms with Crippen LogP contribution in [0.1, 0.15) is 28.8 Å². The topological polar surface area (TPSA) is 70.2 Å². The van der Waals surface area contributed by atoms with Crippen LogP contribution in [-0.4, -0.2) is 29.7 Å². The number of nitrogens with one attached hydrogen (secondary N) is 1. The first-order valence-corrected chi connectivity index (χ1v) is 8.32. The van der Waals surface area contributed by atoms with E-state index in [4.69, 9.17) is 0 Å². The van der Waals surface area contributed by atoms with Crippen LogP contribution < -0.4 is 0 Å². The first kappa shape index (κ1) is 12.6. The molecule has 1 amide bonds. The van der Waals surface area contributed by atoms with Crippen molar-refractivity contribution < 1.29 is 13.2 Å². The molecule has 2 heterocycles. The SMILES string of the molecule is Cc1c(-c2ccc[nH]2)ccc2c1C(=O)N(C1CC1)S2(=O)=O. The van der Waals surface area contributed by atoms with Crippen LogP contribution in [-0.2, 0) is 10.0 Å². The molecular weight excluding hydrogens is 288 g/mol. The molecule has 0 spiro atoms. The Morgan fingerprint density at radius 3 is 2.62 bits per heavy atom. The maximum absolute atomic E-state index is 12.6. The van der Waals surface area contributed by atoms with Crippen molar-refractivity contribution in [2.45, 2.75) is 30.7 Å². The summed E-state index contributed by atoms with van der Waals surface area (Å²) in [5, 5.41) is 0. The second-order valence-electron chi connectivity index (χ2n) is 5.53. The van der Waals surface area contributed by atoms with Gasteiger partial charge in [-0.15, -0.1) is 0 Å². The molecule has 0 radical (unpaired) electrons. The van der Waals surface area contributed by atoms with Crippen LogP contribution in [0.2, 0.25) is 0 Å². The number of fused-ring (bicyclic) bond motifs is 1. The van der Waals surface area contributed by atoms with Crippen molar-refractivity contribution in [1.29, 1.82) is 0 Å². The molecule has 2 aliphatic rings. The summed E-state index contributed by atoms with van der Waals surface area (Å²) in [6, 6.07) is 6.94. The minimum Gasteiger partial charge on any atom is -0.361 e. The Balaban J connectivity index is 1.96. The Morgan fingerprint density at radius 2 is 2.00 bits per heavy atom. The quantitative estimate of drug-likeness (QED) is 0.925. The number of H-pyrrole nitrogens is 1. The molecule has 1 aliphatic heterocycles. The van der Waals surface area contributed by atoms with E-state index in [9.17, 15) is 13.2 Å². The fourth-order valence-corrected chi connectivity index (χ4v) is 4.82. The number of hydrogen-bond donors (Lipinski definition) is 1.